The predicted molar refractivity (Wildman–Crippen MR) is 93.5 cm³/mol. The summed E-state index contributed by atoms with van der Waals surface area (Å²) in [5, 5.41) is 5.20. The van der Waals surface area contributed by atoms with Crippen molar-refractivity contribution in [2.24, 2.45) is 0 Å². The first-order chi connectivity index (χ1) is 11.3. The second-order valence-electron chi connectivity index (χ2n) is 6.01. The molecule has 0 radical (unpaired) electrons. The van der Waals surface area contributed by atoms with Gasteiger partial charge in [-0.3, -0.25) is 4.79 Å². The maximum absolute atomic E-state index is 12.9. The molecule has 0 aromatic heterocycles. The Balaban J connectivity index is 1.74. The summed E-state index contributed by atoms with van der Waals surface area (Å²) in [6.45, 7) is 0. The van der Waals surface area contributed by atoms with Crippen molar-refractivity contribution in [2.75, 3.05) is 0 Å². The van der Waals surface area contributed by atoms with Crippen LogP contribution in [-0.4, -0.2) is 21.8 Å². The number of fused-ring (bicyclic) bond motifs is 1. The van der Waals surface area contributed by atoms with Crippen LogP contribution in [0.15, 0.2) is 72.3 Å². The molecule has 2 heterocycles. The molecule has 2 aliphatic heterocycles. The van der Waals surface area contributed by atoms with Gasteiger partial charge >= 0.3 is 0 Å². The normalized spacial score (nSPS) is 21.3. The van der Waals surface area contributed by atoms with Gasteiger partial charge in [0.25, 0.3) is 0 Å². The highest BCUT2D eigenvalue weighted by molar-refractivity contribution is 8.02. The predicted octanol–water partition coefficient (Wildman–Crippen LogP) is 3.14. The number of amides is 1. The van der Waals surface area contributed by atoms with Gasteiger partial charge in [-0.15, -0.1) is 0 Å². The standard InChI is InChI=1S/C19H18N2OS/c22-17-19(13-15-7-3-1-4-8-15,14-16-9-5-2-6-10-16)21-11-12-23-18(21)20-17/h1-12,18H,13-14H2,(H,20,22). The van der Waals surface area contributed by atoms with Crippen molar-refractivity contribution in [2.45, 2.75) is 23.9 Å². The van der Waals surface area contributed by atoms with Gasteiger partial charge in [-0.2, -0.15) is 0 Å². The minimum Gasteiger partial charge on any atom is -0.333 e. The highest BCUT2D eigenvalue weighted by atomic mass is 32.2. The lowest BCUT2D eigenvalue weighted by Gasteiger charge is -2.35. The van der Waals surface area contributed by atoms with Crippen LogP contribution >= 0.6 is 11.8 Å². The van der Waals surface area contributed by atoms with Gasteiger partial charge in [-0.25, -0.2) is 0 Å². The highest BCUT2D eigenvalue weighted by Gasteiger charge is 2.53. The molecule has 1 unspecified atom stereocenters. The van der Waals surface area contributed by atoms with Crippen molar-refractivity contribution in [1.82, 2.24) is 10.2 Å². The number of carbonyl (C=O) groups is 1. The molecule has 4 heteroatoms. The maximum atomic E-state index is 12.9. The van der Waals surface area contributed by atoms with Crippen molar-refractivity contribution in [3.05, 3.63) is 83.4 Å². The number of nitrogens with zero attached hydrogens (tertiary/aromatic N) is 1. The molecular formula is C19H18N2OS. The van der Waals surface area contributed by atoms with Gasteiger partial charge in [0.05, 0.1) is 0 Å². The number of benzene rings is 2. The van der Waals surface area contributed by atoms with E-state index in [4.69, 9.17) is 0 Å². The number of nitrogens with one attached hydrogen (secondary N) is 1. The van der Waals surface area contributed by atoms with E-state index in [0.717, 1.165) is 0 Å². The maximum Gasteiger partial charge on any atom is 0.248 e. The molecule has 1 atom stereocenters. The van der Waals surface area contributed by atoms with Gasteiger partial charge in [-0.1, -0.05) is 72.4 Å². The van der Waals surface area contributed by atoms with Crippen LogP contribution in [0.2, 0.25) is 0 Å². The molecule has 1 saturated heterocycles. The molecule has 1 amide bonds. The van der Waals surface area contributed by atoms with E-state index in [1.165, 1.54) is 11.1 Å². The average Bonchev–Trinajstić information content (AvgIpc) is 3.13. The molecule has 4 rings (SSSR count). The van der Waals surface area contributed by atoms with Crippen molar-refractivity contribution in [3.63, 3.8) is 0 Å². The summed E-state index contributed by atoms with van der Waals surface area (Å²) in [6, 6.07) is 20.5. The van der Waals surface area contributed by atoms with Crippen LogP contribution < -0.4 is 5.32 Å². The molecule has 2 aromatic rings. The Morgan fingerprint density at radius 1 is 0.957 bits per heavy atom. The summed E-state index contributed by atoms with van der Waals surface area (Å²) in [7, 11) is 0. The first kappa shape index (κ1) is 14.4. The van der Waals surface area contributed by atoms with E-state index < -0.39 is 5.54 Å². The summed E-state index contributed by atoms with van der Waals surface area (Å²) in [5.74, 6) is 0.118. The summed E-state index contributed by atoms with van der Waals surface area (Å²) in [5.41, 5.74) is 1.83. The van der Waals surface area contributed by atoms with Crippen molar-refractivity contribution in [3.8, 4) is 0 Å². The van der Waals surface area contributed by atoms with Crippen LogP contribution in [0.3, 0.4) is 0 Å². The van der Waals surface area contributed by atoms with Gasteiger partial charge in [0.15, 0.2) is 5.50 Å². The molecule has 2 aromatic carbocycles. The smallest absolute Gasteiger partial charge is 0.248 e. The minimum atomic E-state index is -0.562. The molecule has 2 aliphatic rings. The molecule has 1 fully saturated rings. The van der Waals surface area contributed by atoms with E-state index in [0.29, 0.717) is 12.8 Å². The molecule has 23 heavy (non-hydrogen) atoms. The second kappa shape index (κ2) is 5.78. The third kappa shape index (κ3) is 2.53. The zero-order chi connectivity index (χ0) is 15.7. The number of carbonyl (C=O) groups excluding carboxylic acids is 1. The molecular weight excluding hydrogens is 304 g/mol. The molecule has 0 bridgehead atoms. The van der Waals surface area contributed by atoms with E-state index in [1.54, 1.807) is 11.8 Å². The van der Waals surface area contributed by atoms with Gasteiger partial charge in [0.2, 0.25) is 5.91 Å². The zero-order valence-electron chi connectivity index (χ0n) is 12.7. The van der Waals surface area contributed by atoms with E-state index in [2.05, 4.69) is 46.1 Å². The SMILES string of the molecule is O=C1NC2SC=CN2C1(Cc1ccccc1)Cc1ccccc1. The first-order valence-electron chi connectivity index (χ1n) is 7.77. The van der Waals surface area contributed by atoms with Crippen molar-refractivity contribution < 1.29 is 4.79 Å². The summed E-state index contributed by atoms with van der Waals surface area (Å²) in [4.78, 5) is 15.1. The zero-order valence-corrected chi connectivity index (χ0v) is 13.5. The van der Waals surface area contributed by atoms with E-state index in [-0.39, 0.29) is 11.4 Å². The van der Waals surface area contributed by atoms with E-state index in [9.17, 15) is 4.79 Å². The van der Waals surface area contributed by atoms with Crippen LogP contribution in [0.5, 0.6) is 0 Å². The minimum absolute atomic E-state index is 0.0231. The van der Waals surface area contributed by atoms with Gasteiger partial charge in [0.1, 0.15) is 5.54 Å². The lowest BCUT2D eigenvalue weighted by Crippen LogP contribution is -2.50. The molecule has 0 saturated carbocycles. The fourth-order valence-corrected chi connectivity index (χ4v) is 4.35. The average molecular weight is 322 g/mol. The fourth-order valence-electron chi connectivity index (χ4n) is 3.43. The van der Waals surface area contributed by atoms with Gasteiger partial charge in [0, 0.05) is 19.0 Å². The Hall–Kier alpha value is -2.20. The second-order valence-corrected chi connectivity index (χ2v) is 7.00. The number of hydrogen-bond acceptors (Lipinski definition) is 3. The van der Waals surface area contributed by atoms with Crippen molar-refractivity contribution >= 4 is 17.7 Å². The number of rotatable bonds is 4. The summed E-state index contributed by atoms with van der Waals surface area (Å²) in [6.07, 6.45) is 3.46. The summed E-state index contributed by atoms with van der Waals surface area (Å²) >= 11 is 1.65. The molecule has 0 aliphatic carbocycles. The Labute approximate surface area is 140 Å². The van der Waals surface area contributed by atoms with Crippen LogP contribution in [0.4, 0.5) is 0 Å². The Bertz CT molecular complexity index is 688. The molecule has 3 nitrogen and oxygen atoms in total. The Morgan fingerprint density at radius 2 is 1.52 bits per heavy atom. The lowest BCUT2D eigenvalue weighted by molar-refractivity contribution is -0.125. The van der Waals surface area contributed by atoms with Crippen molar-refractivity contribution in [1.29, 1.82) is 0 Å². The molecule has 116 valence electrons. The molecule has 0 spiro atoms. The number of thioether (sulfide) groups is 1. The Kier molecular flexibility index (Phi) is 3.62. The van der Waals surface area contributed by atoms with Gasteiger partial charge in [-0.05, 0) is 16.5 Å². The fraction of sp³-hybridized carbons (Fsp3) is 0.211. The van der Waals surface area contributed by atoms with Crippen LogP contribution in [0.1, 0.15) is 11.1 Å². The largest absolute Gasteiger partial charge is 0.333 e. The lowest BCUT2D eigenvalue weighted by atomic mass is 9.83. The van der Waals surface area contributed by atoms with Crippen LogP contribution in [0, 0.1) is 0 Å². The monoisotopic (exact) mass is 322 g/mol. The Morgan fingerprint density at radius 3 is 2.09 bits per heavy atom. The highest BCUT2D eigenvalue weighted by Crippen LogP contribution is 2.40. The van der Waals surface area contributed by atoms with E-state index >= 15 is 0 Å². The third-order valence-corrected chi connectivity index (χ3v) is 5.41. The van der Waals surface area contributed by atoms with Gasteiger partial charge < -0.3 is 10.2 Å². The van der Waals surface area contributed by atoms with Crippen LogP contribution in [0.25, 0.3) is 0 Å². The topological polar surface area (TPSA) is 32.3 Å². The quantitative estimate of drug-likeness (QED) is 0.938. The molecule has 1 N–H and O–H groups in total. The number of hydrogen-bond donors (Lipinski definition) is 1. The first-order valence-corrected chi connectivity index (χ1v) is 8.72. The third-order valence-electron chi connectivity index (χ3n) is 4.53. The summed E-state index contributed by atoms with van der Waals surface area (Å²) < 4.78 is 0. The van der Waals surface area contributed by atoms with Crippen LogP contribution in [-0.2, 0) is 17.6 Å². The van der Waals surface area contributed by atoms with E-state index in [1.807, 2.05) is 36.4 Å².